The van der Waals surface area contributed by atoms with Gasteiger partial charge in [0.05, 0.1) is 6.61 Å². The van der Waals surface area contributed by atoms with Crippen LogP contribution in [0.3, 0.4) is 0 Å². The maximum atomic E-state index is 11.9. The maximum Gasteiger partial charge on any atom is 0.259 e. The molecule has 1 atom stereocenters. The van der Waals surface area contributed by atoms with Crippen molar-refractivity contribution in [2.24, 2.45) is 7.05 Å². The van der Waals surface area contributed by atoms with Gasteiger partial charge in [0.15, 0.2) is 5.03 Å². The van der Waals surface area contributed by atoms with Crippen molar-refractivity contribution in [1.29, 1.82) is 0 Å². The number of aromatic nitrogens is 2. The van der Waals surface area contributed by atoms with Gasteiger partial charge in [0.1, 0.15) is 5.82 Å². The lowest BCUT2D eigenvalue weighted by molar-refractivity contribution is 0.199. The Hall–Kier alpha value is -0.440. The molecule has 0 aromatic carbocycles. The van der Waals surface area contributed by atoms with Gasteiger partial charge in [-0.2, -0.15) is 0 Å². The van der Waals surface area contributed by atoms with Crippen molar-refractivity contribution in [2.75, 3.05) is 20.3 Å². The molecule has 1 aromatic heterocycles. The van der Waals surface area contributed by atoms with Gasteiger partial charge in [-0.25, -0.2) is 18.1 Å². The second-order valence-electron chi connectivity index (χ2n) is 3.98. The van der Waals surface area contributed by atoms with E-state index in [4.69, 9.17) is 4.74 Å². The summed E-state index contributed by atoms with van der Waals surface area (Å²) in [4.78, 5) is 4.13. The van der Waals surface area contributed by atoms with E-state index in [0.717, 1.165) is 0 Å². The fraction of sp³-hybridized carbons (Fsp3) is 0.700. The molecule has 18 heavy (non-hydrogen) atoms. The van der Waals surface area contributed by atoms with Gasteiger partial charge in [-0.3, -0.25) is 0 Å². The molecule has 0 fully saturated rings. The molecule has 1 aromatic rings. The Labute approximate surface area is 116 Å². The molecule has 0 saturated heterocycles. The highest BCUT2D eigenvalue weighted by Gasteiger charge is 2.18. The standard InChI is InChI=1S/C10H18BrN3O3S/c1-8-13-10(6-14(8)2)18(15,16)12-5-4-9(11)7-17-3/h6,9,12H,4-5,7H2,1-3H3. The lowest BCUT2D eigenvalue weighted by atomic mass is 10.3. The molecule has 1 heterocycles. The fourth-order valence-corrected chi connectivity index (χ4v) is 2.92. The molecule has 1 unspecified atom stereocenters. The Morgan fingerprint density at radius 3 is 2.78 bits per heavy atom. The lowest BCUT2D eigenvalue weighted by Crippen LogP contribution is -2.27. The highest BCUT2D eigenvalue weighted by Crippen LogP contribution is 2.09. The summed E-state index contributed by atoms with van der Waals surface area (Å²) in [6.45, 7) is 2.65. The molecular weight excluding hydrogens is 322 g/mol. The zero-order chi connectivity index (χ0) is 13.8. The molecule has 8 heteroatoms. The summed E-state index contributed by atoms with van der Waals surface area (Å²) >= 11 is 3.40. The van der Waals surface area contributed by atoms with Crippen molar-refractivity contribution in [3.8, 4) is 0 Å². The van der Waals surface area contributed by atoms with E-state index in [-0.39, 0.29) is 9.85 Å². The number of hydrogen-bond acceptors (Lipinski definition) is 4. The summed E-state index contributed by atoms with van der Waals surface area (Å²) in [6.07, 6.45) is 2.15. The van der Waals surface area contributed by atoms with Gasteiger partial charge in [0, 0.05) is 31.7 Å². The van der Waals surface area contributed by atoms with E-state index >= 15 is 0 Å². The predicted octanol–water partition coefficient (Wildman–Crippen LogP) is 0.807. The Morgan fingerprint density at radius 1 is 1.61 bits per heavy atom. The summed E-state index contributed by atoms with van der Waals surface area (Å²) in [5.74, 6) is 0.660. The van der Waals surface area contributed by atoms with Crippen molar-refractivity contribution >= 4 is 26.0 Å². The maximum absolute atomic E-state index is 11.9. The summed E-state index contributed by atoms with van der Waals surface area (Å²) in [5, 5.41) is 0.0559. The average molecular weight is 340 g/mol. The molecule has 1 rings (SSSR count). The second kappa shape index (κ2) is 6.65. The van der Waals surface area contributed by atoms with Crippen LogP contribution >= 0.6 is 15.9 Å². The minimum absolute atomic E-state index is 0.0559. The molecule has 104 valence electrons. The van der Waals surface area contributed by atoms with Crippen LogP contribution in [0.5, 0.6) is 0 Å². The van der Waals surface area contributed by atoms with Crippen LogP contribution < -0.4 is 4.72 Å². The number of aryl methyl sites for hydroxylation is 2. The molecule has 0 amide bonds. The third-order valence-corrected chi connectivity index (χ3v) is 4.51. The zero-order valence-electron chi connectivity index (χ0n) is 10.7. The zero-order valence-corrected chi connectivity index (χ0v) is 13.1. The first kappa shape index (κ1) is 15.6. The highest BCUT2D eigenvalue weighted by atomic mass is 79.9. The smallest absolute Gasteiger partial charge is 0.259 e. The molecular formula is C10H18BrN3O3S. The Kier molecular flexibility index (Phi) is 5.77. The van der Waals surface area contributed by atoms with Crippen LogP contribution in [-0.2, 0) is 21.8 Å². The summed E-state index contributed by atoms with van der Waals surface area (Å²) in [7, 11) is -0.152. The predicted molar refractivity (Wildman–Crippen MR) is 72.3 cm³/mol. The van der Waals surface area contributed by atoms with Gasteiger partial charge in [0.25, 0.3) is 10.0 Å². The van der Waals surface area contributed by atoms with E-state index in [1.54, 1.807) is 25.6 Å². The van der Waals surface area contributed by atoms with E-state index in [1.165, 1.54) is 6.20 Å². The first-order valence-corrected chi connectivity index (χ1v) is 7.89. The van der Waals surface area contributed by atoms with Gasteiger partial charge in [-0.05, 0) is 13.3 Å². The SMILES string of the molecule is COCC(Br)CCNS(=O)(=O)c1cn(C)c(C)n1. The van der Waals surface area contributed by atoms with Crippen LogP contribution in [0.15, 0.2) is 11.2 Å². The van der Waals surface area contributed by atoms with Gasteiger partial charge < -0.3 is 9.30 Å². The van der Waals surface area contributed by atoms with Gasteiger partial charge in [-0.1, -0.05) is 15.9 Å². The van der Waals surface area contributed by atoms with E-state index < -0.39 is 10.0 Å². The van der Waals surface area contributed by atoms with Crippen LogP contribution in [0.1, 0.15) is 12.2 Å². The van der Waals surface area contributed by atoms with E-state index in [1.807, 2.05) is 0 Å². The molecule has 0 radical (unpaired) electrons. The largest absolute Gasteiger partial charge is 0.384 e. The lowest BCUT2D eigenvalue weighted by Gasteiger charge is -2.08. The van der Waals surface area contributed by atoms with E-state index in [2.05, 4.69) is 25.6 Å². The summed E-state index contributed by atoms with van der Waals surface area (Å²) in [5.41, 5.74) is 0. The number of imidazole rings is 1. The van der Waals surface area contributed by atoms with Crippen LogP contribution in [0.2, 0.25) is 0 Å². The summed E-state index contributed by atoms with van der Waals surface area (Å²) in [6, 6.07) is 0. The van der Waals surface area contributed by atoms with Crippen molar-refractivity contribution in [3.05, 3.63) is 12.0 Å². The average Bonchev–Trinajstić information content (AvgIpc) is 2.60. The normalized spacial score (nSPS) is 13.8. The van der Waals surface area contributed by atoms with E-state index in [0.29, 0.717) is 25.4 Å². The highest BCUT2D eigenvalue weighted by molar-refractivity contribution is 9.09. The van der Waals surface area contributed by atoms with Crippen molar-refractivity contribution in [3.63, 3.8) is 0 Å². The van der Waals surface area contributed by atoms with Gasteiger partial charge in [-0.15, -0.1) is 0 Å². The summed E-state index contributed by atoms with van der Waals surface area (Å²) < 4.78 is 32.9. The number of ether oxygens (including phenoxy) is 1. The molecule has 1 N–H and O–H groups in total. The Morgan fingerprint density at radius 2 is 2.28 bits per heavy atom. The molecule has 0 aliphatic carbocycles. The second-order valence-corrected chi connectivity index (χ2v) is 6.99. The minimum atomic E-state index is -3.52. The molecule has 6 nitrogen and oxygen atoms in total. The van der Waals surface area contributed by atoms with Crippen LogP contribution in [0.4, 0.5) is 0 Å². The van der Waals surface area contributed by atoms with Crippen LogP contribution in [0, 0.1) is 6.92 Å². The Bertz CT molecular complexity index is 467. The number of sulfonamides is 1. The van der Waals surface area contributed by atoms with Crippen molar-refractivity contribution in [2.45, 2.75) is 23.2 Å². The number of halogens is 1. The van der Waals surface area contributed by atoms with Gasteiger partial charge in [0.2, 0.25) is 0 Å². The quantitative estimate of drug-likeness (QED) is 0.746. The molecule has 0 saturated carbocycles. The molecule has 0 spiro atoms. The molecule has 0 aliphatic heterocycles. The molecule has 0 aliphatic rings. The monoisotopic (exact) mass is 339 g/mol. The first-order valence-electron chi connectivity index (χ1n) is 5.49. The number of rotatable bonds is 7. The third kappa shape index (κ3) is 4.34. The first-order chi connectivity index (χ1) is 8.36. The number of alkyl halides is 1. The van der Waals surface area contributed by atoms with E-state index in [9.17, 15) is 8.42 Å². The Balaban J connectivity index is 2.55. The number of nitrogens with one attached hydrogen (secondary N) is 1. The van der Waals surface area contributed by atoms with Crippen LogP contribution in [-0.4, -0.2) is 43.1 Å². The van der Waals surface area contributed by atoms with Crippen molar-refractivity contribution in [1.82, 2.24) is 14.3 Å². The fourth-order valence-electron chi connectivity index (χ4n) is 1.34. The minimum Gasteiger partial charge on any atom is -0.384 e. The van der Waals surface area contributed by atoms with Gasteiger partial charge >= 0.3 is 0 Å². The molecule has 0 bridgehead atoms. The number of hydrogen-bond donors (Lipinski definition) is 1. The number of nitrogens with zero attached hydrogens (tertiary/aromatic N) is 2. The topological polar surface area (TPSA) is 73.2 Å². The number of methoxy groups -OCH3 is 1. The van der Waals surface area contributed by atoms with Crippen molar-refractivity contribution < 1.29 is 13.2 Å². The third-order valence-electron chi connectivity index (χ3n) is 2.46. The van der Waals surface area contributed by atoms with Crippen LogP contribution in [0.25, 0.3) is 0 Å².